The molecular formula is C22H25N3O3. The molecule has 0 spiro atoms. The lowest BCUT2D eigenvalue weighted by Gasteiger charge is -2.46. The van der Waals surface area contributed by atoms with E-state index in [1.807, 2.05) is 43.3 Å². The Morgan fingerprint density at radius 1 is 1.21 bits per heavy atom. The summed E-state index contributed by atoms with van der Waals surface area (Å²) in [7, 11) is 0. The van der Waals surface area contributed by atoms with Crippen molar-refractivity contribution in [2.45, 2.75) is 44.7 Å². The zero-order valence-corrected chi connectivity index (χ0v) is 16.0. The highest BCUT2D eigenvalue weighted by Crippen LogP contribution is 2.40. The number of hydrogen-bond donors (Lipinski definition) is 1. The van der Waals surface area contributed by atoms with Crippen molar-refractivity contribution < 1.29 is 9.72 Å². The Labute approximate surface area is 164 Å². The van der Waals surface area contributed by atoms with Crippen molar-refractivity contribution in [3.8, 4) is 0 Å². The summed E-state index contributed by atoms with van der Waals surface area (Å²) in [5, 5.41) is 14.4. The Balaban J connectivity index is 1.60. The summed E-state index contributed by atoms with van der Waals surface area (Å²) in [6, 6.07) is 15.1. The van der Waals surface area contributed by atoms with Crippen LogP contribution < -0.4 is 10.2 Å². The fourth-order valence-corrected chi connectivity index (χ4v) is 4.59. The van der Waals surface area contributed by atoms with Gasteiger partial charge in [-0.1, -0.05) is 30.3 Å². The van der Waals surface area contributed by atoms with Gasteiger partial charge in [-0.25, -0.2) is 0 Å². The second-order valence-electron chi connectivity index (χ2n) is 7.78. The number of carbonyl (C=O) groups excluding carboxylic acids is 1. The molecule has 146 valence electrons. The molecule has 2 aliphatic rings. The van der Waals surface area contributed by atoms with Gasteiger partial charge in [-0.15, -0.1) is 0 Å². The second kappa shape index (κ2) is 7.62. The van der Waals surface area contributed by atoms with Gasteiger partial charge in [0.15, 0.2) is 0 Å². The van der Waals surface area contributed by atoms with Crippen LogP contribution in [0.25, 0.3) is 0 Å². The first kappa shape index (κ1) is 18.5. The lowest BCUT2D eigenvalue weighted by molar-refractivity contribution is -0.384. The maximum atomic E-state index is 13.2. The number of nitro groups is 1. The van der Waals surface area contributed by atoms with Crippen LogP contribution in [0.3, 0.4) is 0 Å². The van der Waals surface area contributed by atoms with Crippen molar-refractivity contribution in [2.75, 3.05) is 11.4 Å². The third kappa shape index (κ3) is 3.46. The lowest BCUT2D eigenvalue weighted by atomic mass is 9.80. The van der Waals surface area contributed by atoms with Gasteiger partial charge >= 0.3 is 0 Å². The molecule has 28 heavy (non-hydrogen) atoms. The van der Waals surface area contributed by atoms with Crippen LogP contribution in [0, 0.1) is 16.0 Å². The topological polar surface area (TPSA) is 75.5 Å². The molecular weight excluding hydrogens is 354 g/mol. The van der Waals surface area contributed by atoms with Crippen molar-refractivity contribution in [3.63, 3.8) is 0 Å². The molecule has 6 nitrogen and oxygen atoms in total. The number of amides is 1. The van der Waals surface area contributed by atoms with Crippen molar-refractivity contribution >= 4 is 17.3 Å². The zero-order valence-electron chi connectivity index (χ0n) is 16.0. The normalized spacial score (nSPS) is 22.0. The van der Waals surface area contributed by atoms with Crippen LogP contribution in [0.4, 0.5) is 11.4 Å². The molecule has 2 aromatic carbocycles. The molecule has 1 saturated heterocycles. The van der Waals surface area contributed by atoms with Gasteiger partial charge in [0.25, 0.3) is 5.69 Å². The average Bonchev–Trinajstić information content (AvgIpc) is 2.73. The highest BCUT2D eigenvalue weighted by atomic mass is 16.6. The van der Waals surface area contributed by atoms with Crippen LogP contribution in [-0.4, -0.2) is 23.4 Å². The van der Waals surface area contributed by atoms with Gasteiger partial charge in [0.2, 0.25) is 5.91 Å². The number of fused-ring (bicyclic) bond motifs is 3. The van der Waals surface area contributed by atoms with Crippen LogP contribution in [0.15, 0.2) is 48.5 Å². The molecule has 0 saturated carbocycles. The van der Waals surface area contributed by atoms with Gasteiger partial charge in [-0.2, -0.15) is 0 Å². The SMILES string of the molecule is CC(NC(=O)C1Cc2cc([N+](=O)[O-])ccc2N2CCCCC12)c1ccccc1. The summed E-state index contributed by atoms with van der Waals surface area (Å²) < 4.78 is 0. The molecule has 1 N–H and O–H groups in total. The van der Waals surface area contributed by atoms with Crippen LogP contribution in [0.5, 0.6) is 0 Å². The largest absolute Gasteiger partial charge is 0.368 e. The van der Waals surface area contributed by atoms with Gasteiger partial charge in [0, 0.05) is 30.4 Å². The molecule has 0 aliphatic carbocycles. The number of hydrogen-bond acceptors (Lipinski definition) is 4. The average molecular weight is 379 g/mol. The fraction of sp³-hybridized carbons (Fsp3) is 0.409. The number of nitrogens with one attached hydrogen (secondary N) is 1. The number of nitro benzene ring substituents is 1. The fourth-order valence-electron chi connectivity index (χ4n) is 4.59. The Kier molecular flexibility index (Phi) is 5.03. The first-order chi connectivity index (χ1) is 13.5. The summed E-state index contributed by atoms with van der Waals surface area (Å²) in [4.78, 5) is 26.3. The Hall–Kier alpha value is -2.89. The van der Waals surface area contributed by atoms with E-state index in [4.69, 9.17) is 0 Å². The van der Waals surface area contributed by atoms with E-state index >= 15 is 0 Å². The van der Waals surface area contributed by atoms with E-state index in [0.29, 0.717) is 6.42 Å². The van der Waals surface area contributed by atoms with E-state index in [-0.39, 0.29) is 34.5 Å². The molecule has 0 radical (unpaired) electrons. The van der Waals surface area contributed by atoms with E-state index in [1.54, 1.807) is 12.1 Å². The van der Waals surface area contributed by atoms with Crippen molar-refractivity contribution in [1.29, 1.82) is 0 Å². The van der Waals surface area contributed by atoms with Crippen LogP contribution in [0.1, 0.15) is 43.4 Å². The number of piperidine rings is 1. The molecule has 1 fully saturated rings. The first-order valence-electron chi connectivity index (χ1n) is 9.94. The number of benzene rings is 2. The molecule has 4 rings (SSSR count). The molecule has 3 unspecified atom stereocenters. The van der Waals surface area contributed by atoms with Gasteiger partial charge in [-0.3, -0.25) is 14.9 Å². The molecule has 2 aliphatic heterocycles. The number of nitrogens with zero attached hydrogens (tertiary/aromatic N) is 2. The van der Waals surface area contributed by atoms with E-state index < -0.39 is 0 Å². The van der Waals surface area contributed by atoms with Gasteiger partial charge in [-0.05, 0) is 49.8 Å². The van der Waals surface area contributed by atoms with Gasteiger partial charge < -0.3 is 10.2 Å². The molecule has 6 heteroatoms. The minimum Gasteiger partial charge on any atom is -0.368 e. The lowest BCUT2D eigenvalue weighted by Crippen LogP contribution is -2.53. The molecule has 0 bridgehead atoms. The maximum absolute atomic E-state index is 13.2. The van der Waals surface area contributed by atoms with Crippen molar-refractivity contribution in [1.82, 2.24) is 5.32 Å². The smallest absolute Gasteiger partial charge is 0.269 e. The van der Waals surface area contributed by atoms with Gasteiger partial charge in [0.05, 0.1) is 16.9 Å². The van der Waals surface area contributed by atoms with Crippen molar-refractivity contribution in [2.24, 2.45) is 5.92 Å². The summed E-state index contributed by atoms with van der Waals surface area (Å²) in [6.45, 7) is 2.89. The third-order valence-corrected chi connectivity index (χ3v) is 6.03. The highest BCUT2D eigenvalue weighted by Gasteiger charge is 2.40. The number of anilines is 1. The van der Waals surface area contributed by atoms with E-state index in [2.05, 4.69) is 10.2 Å². The Morgan fingerprint density at radius 2 is 2.00 bits per heavy atom. The third-order valence-electron chi connectivity index (χ3n) is 6.03. The summed E-state index contributed by atoms with van der Waals surface area (Å²) in [6.07, 6.45) is 3.73. The number of carbonyl (C=O) groups is 1. The van der Waals surface area contributed by atoms with E-state index in [9.17, 15) is 14.9 Å². The van der Waals surface area contributed by atoms with E-state index in [1.165, 1.54) is 0 Å². The predicted octanol–water partition coefficient (Wildman–Crippen LogP) is 4.00. The number of non-ortho nitro benzene ring substituents is 1. The molecule has 3 atom stereocenters. The first-order valence-corrected chi connectivity index (χ1v) is 9.94. The Bertz CT molecular complexity index is 884. The van der Waals surface area contributed by atoms with Crippen molar-refractivity contribution in [3.05, 3.63) is 69.8 Å². The monoisotopic (exact) mass is 379 g/mol. The molecule has 2 aromatic rings. The summed E-state index contributed by atoms with van der Waals surface area (Å²) >= 11 is 0. The Morgan fingerprint density at radius 3 is 2.75 bits per heavy atom. The minimum absolute atomic E-state index is 0.0328. The molecule has 2 heterocycles. The zero-order chi connectivity index (χ0) is 19.7. The minimum atomic E-state index is -0.366. The standard InChI is InChI=1S/C22H25N3O3/c1-15(16-7-3-2-4-8-16)23-22(26)19-14-17-13-18(25(27)28)10-11-20(17)24-12-6-5-9-21(19)24/h2-4,7-8,10-11,13,15,19,21H,5-6,9,12,14H2,1H3,(H,23,26). The van der Waals surface area contributed by atoms with Crippen LogP contribution in [0.2, 0.25) is 0 Å². The molecule has 1 amide bonds. The summed E-state index contributed by atoms with van der Waals surface area (Å²) in [5.74, 6) is -0.161. The highest BCUT2D eigenvalue weighted by molar-refractivity contribution is 5.82. The van der Waals surface area contributed by atoms with Crippen LogP contribution >= 0.6 is 0 Å². The quantitative estimate of drug-likeness (QED) is 0.643. The molecule has 0 aromatic heterocycles. The van der Waals surface area contributed by atoms with Gasteiger partial charge in [0.1, 0.15) is 0 Å². The second-order valence-corrected chi connectivity index (χ2v) is 7.78. The summed E-state index contributed by atoms with van der Waals surface area (Å²) in [5.41, 5.74) is 3.12. The van der Waals surface area contributed by atoms with Crippen LogP contribution in [-0.2, 0) is 11.2 Å². The van der Waals surface area contributed by atoms with E-state index in [0.717, 1.165) is 42.6 Å². The number of rotatable bonds is 4. The predicted molar refractivity (Wildman–Crippen MR) is 108 cm³/mol. The maximum Gasteiger partial charge on any atom is 0.269 e.